The summed E-state index contributed by atoms with van der Waals surface area (Å²) in [5, 5.41) is 9.34. The van der Waals surface area contributed by atoms with Crippen molar-refractivity contribution in [1.82, 2.24) is 0 Å². The lowest BCUT2D eigenvalue weighted by Gasteiger charge is -2.10. The summed E-state index contributed by atoms with van der Waals surface area (Å²) in [7, 11) is 0. The Balaban J connectivity index is 2.27. The van der Waals surface area contributed by atoms with Crippen LogP contribution in [-0.2, 0) is 0 Å². The molecule has 0 radical (unpaired) electrons. The van der Waals surface area contributed by atoms with Gasteiger partial charge in [0.15, 0.2) is 5.78 Å². The fourth-order valence-electron chi connectivity index (χ4n) is 2.02. The Morgan fingerprint density at radius 1 is 1.29 bits per heavy atom. The number of ketones is 1. The zero-order chi connectivity index (χ0) is 15.2. The van der Waals surface area contributed by atoms with Crippen LogP contribution in [-0.4, -0.2) is 12.4 Å². The molecule has 2 aromatic rings. The van der Waals surface area contributed by atoms with E-state index in [2.05, 4.69) is 22.0 Å². The van der Waals surface area contributed by atoms with Crippen LogP contribution in [0.2, 0.25) is 0 Å². The second-order valence-electron chi connectivity index (χ2n) is 4.44. The van der Waals surface area contributed by atoms with Crippen molar-refractivity contribution in [3.8, 4) is 11.8 Å². The summed E-state index contributed by atoms with van der Waals surface area (Å²) >= 11 is 3.33. The van der Waals surface area contributed by atoms with E-state index in [0.29, 0.717) is 17.7 Å². The molecule has 0 saturated carbocycles. The molecule has 0 aromatic heterocycles. The van der Waals surface area contributed by atoms with Crippen LogP contribution >= 0.6 is 15.9 Å². The first-order valence-corrected chi connectivity index (χ1v) is 7.37. The first kappa shape index (κ1) is 15.3. The molecule has 2 aromatic carbocycles. The van der Waals surface area contributed by atoms with Gasteiger partial charge in [-0.2, -0.15) is 5.26 Å². The maximum absolute atomic E-state index is 12.5. The van der Waals surface area contributed by atoms with E-state index in [9.17, 15) is 10.1 Å². The van der Waals surface area contributed by atoms with Crippen molar-refractivity contribution in [1.29, 1.82) is 5.26 Å². The number of hydrogen-bond donors (Lipinski definition) is 0. The molecule has 0 bridgehead atoms. The van der Waals surface area contributed by atoms with Crippen LogP contribution in [0.5, 0.6) is 5.75 Å². The average Bonchev–Trinajstić information content (AvgIpc) is 2.50. The summed E-state index contributed by atoms with van der Waals surface area (Å²) < 4.78 is 6.18. The highest BCUT2D eigenvalue weighted by Gasteiger charge is 2.21. The third kappa shape index (κ3) is 3.71. The molecule has 0 aliphatic heterocycles. The van der Waals surface area contributed by atoms with E-state index in [0.717, 1.165) is 10.2 Å². The maximum atomic E-state index is 12.5. The molecule has 0 N–H and O–H groups in total. The Morgan fingerprint density at radius 2 is 2.00 bits per heavy atom. The summed E-state index contributed by atoms with van der Waals surface area (Å²) in [5.74, 6) is -0.286. The van der Waals surface area contributed by atoms with Crippen molar-refractivity contribution >= 4 is 21.7 Å². The van der Waals surface area contributed by atoms with Gasteiger partial charge in [0.2, 0.25) is 0 Å². The molecule has 0 aliphatic carbocycles. The summed E-state index contributed by atoms with van der Waals surface area (Å²) in [6.07, 6.45) is 0. The number of halogens is 1. The molecule has 0 spiro atoms. The summed E-state index contributed by atoms with van der Waals surface area (Å²) in [4.78, 5) is 12.5. The lowest BCUT2D eigenvalue weighted by molar-refractivity contribution is 0.0979. The minimum atomic E-state index is -0.810. The number of rotatable bonds is 5. The van der Waals surface area contributed by atoms with E-state index in [-0.39, 0.29) is 5.78 Å². The van der Waals surface area contributed by atoms with Gasteiger partial charge < -0.3 is 4.74 Å². The van der Waals surface area contributed by atoms with Gasteiger partial charge in [-0.1, -0.05) is 40.2 Å². The normalized spacial score (nSPS) is 11.5. The molecule has 0 amide bonds. The highest BCUT2D eigenvalue weighted by atomic mass is 79.9. The first-order valence-electron chi connectivity index (χ1n) is 6.58. The Labute approximate surface area is 132 Å². The summed E-state index contributed by atoms with van der Waals surface area (Å²) in [6, 6.07) is 16.2. The Kier molecular flexibility index (Phi) is 5.13. The SMILES string of the molecule is CCOc1ccc(C(C#N)C(=O)c2cccc(Br)c2)cc1. The first-order chi connectivity index (χ1) is 10.2. The molecule has 0 fully saturated rings. The smallest absolute Gasteiger partial charge is 0.184 e. The number of nitrogens with zero attached hydrogens (tertiary/aromatic N) is 1. The topological polar surface area (TPSA) is 50.1 Å². The van der Waals surface area contributed by atoms with Crippen LogP contribution in [0.1, 0.15) is 28.8 Å². The average molecular weight is 344 g/mol. The second kappa shape index (κ2) is 7.05. The van der Waals surface area contributed by atoms with Gasteiger partial charge in [-0.05, 0) is 36.8 Å². The predicted molar refractivity (Wildman–Crippen MR) is 84.4 cm³/mol. The standard InChI is InChI=1S/C17H14BrNO2/c1-2-21-15-8-6-12(7-9-15)16(11-19)17(20)13-4-3-5-14(18)10-13/h3-10,16H,2H2,1H3. The van der Waals surface area contributed by atoms with E-state index in [1.165, 1.54) is 0 Å². The fraction of sp³-hybridized carbons (Fsp3) is 0.176. The van der Waals surface area contributed by atoms with E-state index < -0.39 is 5.92 Å². The van der Waals surface area contributed by atoms with Gasteiger partial charge in [0, 0.05) is 10.0 Å². The second-order valence-corrected chi connectivity index (χ2v) is 5.35. The van der Waals surface area contributed by atoms with E-state index in [1.807, 2.05) is 13.0 Å². The molecule has 3 nitrogen and oxygen atoms in total. The highest BCUT2D eigenvalue weighted by Crippen LogP contribution is 2.24. The van der Waals surface area contributed by atoms with Crippen molar-refractivity contribution < 1.29 is 9.53 Å². The molecule has 0 saturated heterocycles. The molecular formula is C17H14BrNO2. The van der Waals surface area contributed by atoms with Gasteiger partial charge in [-0.3, -0.25) is 4.79 Å². The van der Waals surface area contributed by atoms with Gasteiger partial charge in [-0.15, -0.1) is 0 Å². The number of Topliss-reactive ketones (excluding diaryl/α,β-unsaturated/α-hetero) is 1. The van der Waals surface area contributed by atoms with Gasteiger partial charge in [0.1, 0.15) is 11.7 Å². The monoisotopic (exact) mass is 343 g/mol. The molecule has 106 valence electrons. The van der Waals surface area contributed by atoms with Gasteiger partial charge in [-0.25, -0.2) is 0 Å². The molecular weight excluding hydrogens is 330 g/mol. The third-order valence-electron chi connectivity index (χ3n) is 3.02. The van der Waals surface area contributed by atoms with E-state index >= 15 is 0 Å². The number of ether oxygens (including phenoxy) is 1. The number of carbonyl (C=O) groups excluding carboxylic acids is 1. The van der Waals surface area contributed by atoms with Gasteiger partial charge in [0.05, 0.1) is 12.7 Å². The van der Waals surface area contributed by atoms with Crippen LogP contribution in [0.4, 0.5) is 0 Å². The minimum Gasteiger partial charge on any atom is -0.494 e. The van der Waals surface area contributed by atoms with Crippen LogP contribution in [0.3, 0.4) is 0 Å². The molecule has 1 atom stereocenters. The van der Waals surface area contributed by atoms with Crippen LogP contribution in [0, 0.1) is 11.3 Å². The van der Waals surface area contributed by atoms with Crippen molar-refractivity contribution in [2.75, 3.05) is 6.61 Å². The number of nitriles is 1. The molecule has 0 heterocycles. The third-order valence-corrected chi connectivity index (χ3v) is 3.52. The zero-order valence-electron chi connectivity index (χ0n) is 11.5. The lowest BCUT2D eigenvalue weighted by Crippen LogP contribution is -2.11. The van der Waals surface area contributed by atoms with E-state index in [4.69, 9.17) is 4.74 Å². The fourth-order valence-corrected chi connectivity index (χ4v) is 2.42. The van der Waals surface area contributed by atoms with Crippen molar-refractivity contribution in [2.45, 2.75) is 12.8 Å². The minimum absolute atomic E-state index is 0.206. The molecule has 2 rings (SSSR count). The largest absolute Gasteiger partial charge is 0.494 e. The lowest BCUT2D eigenvalue weighted by atomic mass is 9.92. The van der Waals surface area contributed by atoms with Crippen molar-refractivity contribution in [2.24, 2.45) is 0 Å². The molecule has 1 unspecified atom stereocenters. The Hall–Kier alpha value is -2.12. The number of carbonyl (C=O) groups is 1. The van der Waals surface area contributed by atoms with Crippen LogP contribution in [0.25, 0.3) is 0 Å². The maximum Gasteiger partial charge on any atom is 0.184 e. The van der Waals surface area contributed by atoms with Gasteiger partial charge in [0.25, 0.3) is 0 Å². The number of hydrogen-bond acceptors (Lipinski definition) is 3. The van der Waals surface area contributed by atoms with Crippen molar-refractivity contribution in [3.05, 3.63) is 64.1 Å². The van der Waals surface area contributed by atoms with Crippen LogP contribution < -0.4 is 4.74 Å². The molecule has 4 heteroatoms. The molecule has 0 aliphatic rings. The van der Waals surface area contributed by atoms with Crippen molar-refractivity contribution in [3.63, 3.8) is 0 Å². The number of benzene rings is 2. The quantitative estimate of drug-likeness (QED) is 0.758. The summed E-state index contributed by atoms with van der Waals surface area (Å²) in [5.41, 5.74) is 1.19. The zero-order valence-corrected chi connectivity index (χ0v) is 13.1. The molecule has 21 heavy (non-hydrogen) atoms. The Bertz CT molecular complexity index is 674. The summed E-state index contributed by atoms with van der Waals surface area (Å²) in [6.45, 7) is 2.49. The van der Waals surface area contributed by atoms with Crippen LogP contribution in [0.15, 0.2) is 53.0 Å². The van der Waals surface area contributed by atoms with E-state index in [1.54, 1.807) is 42.5 Å². The highest BCUT2D eigenvalue weighted by molar-refractivity contribution is 9.10. The Morgan fingerprint density at radius 3 is 2.57 bits per heavy atom. The predicted octanol–water partition coefficient (Wildman–Crippen LogP) is 4.34. The van der Waals surface area contributed by atoms with Gasteiger partial charge >= 0.3 is 0 Å².